The van der Waals surface area contributed by atoms with Crippen molar-refractivity contribution in [3.8, 4) is 0 Å². The molecule has 0 bridgehead atoms. The van der Waals surface area contributed by atoms with Gasteiger partial charge in [0.25, 0.3) is 5.52 Å². The van der Waals surface area contributed by atoms with E-state index >= 15 is 0 Å². The second kappa shape index (κ2) is 5.35. The van der Waals surface area contributed by atoms with Crippen LogP contribution in [0.1, 0.15) is 0 Å². The monoisotopic (exact) mass is 355 g/mol. The predicted octanol–water partition coefficient (Wildman–Crippen LogP) is 2.40. The Balaban J connectivity index is 2.21. The molecule has 0 aliphatic heterocycles. The molecule has 112 valence electrons. The maximum absolute atomic E-state index is 12.5. The molecule has 0 amide bonds. The van der Waals surface area contributed by atoms with E-state index in [2.05, 4.69) is 10.1 Å². The third-order valence-electron chi connectivity index (χ3n) is 2.90. The fourth-order valence-electron chi connectivity index (χ4n) is 1.83. The predicted molar refractivity (Wildman–Crippen MR) is 80.4 cm³/mol. The smallest absolute Gasteiger partial charge is 0.319 e. The third kappa shape index (κ3) is 2.58. The fraction of sp³-hybridized carbons (Fsp3) is 0. The van der Waals surface area contributed by atoms with Gasteiger partial charge in [-0.25, -0.2) is 13.4 Å². The maximum Gasteiger partial charge on any atom is 0.319 e. The van der Waals surface area contributed by atoms with Crippen LogP contribution in [-0.4, -0.2) is 18.5 Å². The van der Waals surface area contributed by atoms with Crippen molar-refractivity contribution in [2.45, 2.75) is 10.1 Å². The number of halogens is 2. The zero-order valence-corrected chi connectivity index (χ0v) is 13.1. The van der Waals surface area contributed by atoms with Crippen LogP contribution in [0, 0.1) is 5.21 Å². The molecule has 3 rings (SSSR count). The molecule has 9 heteroatoms. The zero-order chi connectivity index (χ0) is 15.9. The number of hydrogen-bond donors (Lipinski definition) is 0. The minimum absolute atomic E-state index is 0.0507. The molecule has 0 unspecified atom stereocenters. The van der Waals surface area contributed by atoms with E-state index in [0.717, 1.165) is 0 Å². The second-order valence-electron chi connectivity index (χ2n) is 4.36. The Morgan fingerprint density at radius 1 is 1.00 bits per heavy atom. The average molecular weight is 356 g/mol. The van der Waals surface area contributed by atoms with Crippen molar-refractivity contribution in [1.29, 1.82) is 0 Å². The number of sulfone groups is 1. The van der Waals surface area contributed by atoms with Crippen LogP contribution in [-0.2, 0) is 9.84 Å². The van der Waals surface area contributed by atoms with E-state index in [9.17, 15) is 13.6 Å². The number of nitrogens with zero attached hydrogens (tertiary/aromatic N) is 3. The molecular weight excluding hydrogens is 349 g/mol. The van der Waals surface area contributed by atoms with Crippen molar-refractivity contribution in [3.05, 3.63) is 57.7 Å². The normalized spacial score (nSPS) is 11.7. The van der Waals surface area contributed by atoms with Gasteiger partial charge < -0.3 is 5.21 Å². The standard InChI is InChI=1S/C13H7Cl2N3O3S/c14-8-1-4-10(5-2-8)22(20,21)13-16-11-6-3-9(15)7-12(11)18(19)17-13/h1-7H. The molecule has 0 aliphatic rings. The summed E-state index contributed by atoms with van der Waals surface area (Å²) < 4.78 is 24.9. The van der Waals surface area contributed by atoms with Crippen LogP contribution < -0.4 is 4.85 Å². The van der Waals surface area contributed by atoms with Gasteiger partial charge in [-0.2, -0.15) is 0 Å². The zero-order valence-electron chi connectivity index (χ0n) is 10.8. The second-order valence-corrected chi connectivity index (χ2v) is 7.07. The van der Waals surface area contributed by atoms with Crippen molar-refractivity contribution in [2.24, 2.45) is 0 Å². The molecule has 0 fully saturated rings. The van der Waals surface area contributed by atoms with Gasteiger partial charge in [0, 0.05) is 21.2 Å². The summed E-state index contributed by atoms with van der Waals surface area (Å²) in [6, 6.07) is 9.83. The molecule has 0 spiro atoms. The summed E-state index contributed by atoms with van der Waals surface area (Å²) in [5, 5.41) is 15.5. The molecular formula is C13H7Cl2N3O3S. The number of rotatable bonds is 2. The molecule has 22 heavy (non-hydrogen) atoms. The first kappa shape index (κ1) is 15.0. The first-order chi connectivity index (χ1) is 10.4. The maximum atomic E-state index is 12.5. The van der Waals surface area contributed by atoms with Gasteiger partial charge in [0.15, 0.2) is 0 Å². The molecule has 0 N–H and O–H groups in total. The lowest BCUT2D eigenvalue weighted by atomic mass is 10.3. The quantitative estimate of drug-likeness (QED) is 0.520. The molecule has 0 atom stereocenters. The molecule has 3 aromatic rings. The van der Waals surface area contributed by atoms with E-state index in [1.165, 1.54) is 42.5 Å². The average Bonchev–Trinajstić information content (AvgIpc) is 2.48. The van der Waals surface area contributed by atoms with Gasteiger partial charge in [-0.3, -0.25) is 0 Å². The summed E-state index contributed by atoms with van der Waals surface area (Å²) in [5.41, 5.74) is 0.268. The minimum Gasteiger partial charge on any atom is -0.594 e. The van der Waals surface area contributed by atoms with E-state index in [1.54, 1.807) is 0 Å². The first-order valence-electron chi connectivity index (χ1n) is 5.96. The van der Waals surface area contributed by atoms with E-state index in [-0.39, 0.29) is 20.8 Å². The van der Waals surface area contributed by atoms with Crippen molar-refractivity contribution < 1.29 is 13.3 Å². The van der Waals surface area contributed by atoms with Crippen LogP contribution in [0.3, 0.4) is 0 Å². The summed E-state index contributed by atoms with van der Waals surface area (Å²) in [6.45, 7) is 0. The molecule has 0 saturated heterocycles. The third-order valence-corrected chi connectivity index (χ3v) is 4.93. The van der Waals surface area contributed by atoms with Crippen molar-refractivity contribution in [3.63, 3.8) is 0 Å². The van der Waals surface area contributed by atoms with Crippen LogP contribution >= 0.6 is 23.2 Å². The largest absolute Gasteiger partial charge is 0.594 e. The van der Waals surface area contributed by atoms with E-state index < -0.39 is 15.0 Å². The molecule has 1 heterocycles. The number of hydrogen-bond acceptors (Lipinski definition) is 5. The van der Waals surface area contributed by atoms with Gasteiger partial charge in [-0.1, -0.05) is 23.2 Å². The molecule has 1 aromatic heterocycles. The summed E-state index contributed by atoms with van der Waals surface area (Å²) in [4.78, 5) is 4.08. The Labute approximate surface area is 135 Å². The summed E-state index contributed by atoms with van der Waals surface area (Å²) in [7, 11) is -4.01. The van der Waals surface area contributed by atoms with Gasteiger partial charge in [-0.05, 0) is 41.2 Å². The lowest BCUT2D eigenvalue weighted by molar-refractivity contribution is -0.647. The summed E-state index contributed by atoms with van der Waals surface area (Å²) in [5.74, 6) is 0. The van der Waals surface area contributed by atoms with Crippen LogP contribution in [0.5, 0.6) is 0 Å². The van der Waals surface area contributed by atoms with Crippen molar-refractivity contribution in [1.82, 2.24) is 10.1 Å². The highest BCUT2D eigenvalue weighted by Gasteiger charge is 2.26. The minimum atomic E-state index is -4.01. The van der Waals surface area contributed by atoms with Crippen LogP contribution in [0.2, 0.25) is 10.0 Å². The Morgan fingerprint density at radius 2 is 1.64 bits per heavy atom. The van der Waals surface area contributed by atoms with Gasteiger partial charge in [0.2, 0.25) is 9.84 Å². The number of aromatic nitrogens is 3. The Morgan fingerprint density at radius 3 is 2.32 bits per heavy atom. The lowest BCUT2D eigenvalue weighted by Crippen LogP contribution is -2.34. The molecule has 0 aliphatic carbocycles. The van der Waals surface area contributed by atoms with Crippen LogP contribution in [0.15, 0.2) is 52.5 Å². The molecule has 0 radical (unpaired) electrons. The van der Waals surface area contributed by atoms with Gasteiger partial charge in [0.1, 0.15) is 5.52 Å². The Kier molecular flexibility index (Phi) is 3.64. The highest BCUT2D eigenvalue weighted by molar-refractivity contribution is 7.91. The van der Waals surface area contributed by atoms with E-state index in [4.69, 9.17) is 23.2 Å². The lowest BCUT2D eigenvalue weighted by Gasteiger charge is -2.04. The highest BCUT2D eigenvalue weighted by Crippen LogP contribution is 2.21. The number of benzene rings is 2. The van der Waals surface area contributed by atoms with Gasteiger partial charge in [0.05, 0.1) is 4.90 Å². The highest BCUT2D eigenvalue weighted by atomic mass is 35.5. The van der Waals surface area contributed by atoms with E-state index in [0.29, 0.717) is 10.0 Å². The topological polar surface area (TPSA) is 86.9 Å². The van der Waals surface area contributed by atoms with E-state index in [1.807, 2.05) is 0 Å². The van der Waals surface area contributed by atoms with Gasteiger partial charge in [-0.15, -0.1) is 0 Å². The summed E-state index contributed by atoms with van der Waals surface area (Å²) >= 11 is 11.5. The fourth-order valence-corrected chi connectivity index (χ4v) is 3.23. The van der Waals surface area contributed by atoms with Crippen molar-refractivity contribution in [2.75, 3.05) is 0 Å². The van der Waals surface area contributed by atoms with Crippen molar-refractivity contribution >= 4 is 44.1 Å². The molecule has 6 nitrogen and oxygen atoms in total. The molecule has 2 aromatic carbocycles. The van der Waals surface area contributed by atoms with Crippen LogP contribution in [0.25, 0.3) is 11.0 Å². The summed E-state index contributed by atoms with van der Waals surface area (Å²) in [6.07, 6.45) is 0. The number of fused-ring (bicyclic) bond motifs is 1. The SMILES string of the molecule is O=S(=O)(c1ccc(Cl)cc1)c1nc2ccc(Cl)cc2[n+]([O-])n1. The van der Waals surface area contributed by atoms with Crippen LogP contribution in [0.4, 0.5) is 0 Å². The van der Waals surface area contributed by atoms with Gasteiger partial charge >= 0.3 is 5.16 Å². The first-order valence-corrected chi connectivity index (χ1v) is 8.20. The Bertz CT molecular complexity index is 976. The molecule has 0 saturated carbocycles. The Hall–Kier alpha value is -1.96.